The topological polar surface area (TPSA) is 73.6 Å². The Morgan fingerprint density at radius 1 is 1.29 bits per heavy atom. The van der Waals surface area contributed by atoms with Crippen molar-refractivity contribution in [1.82, 2.24) is 0 Å². The third-order valence-corrected chi connectivity index (χ3v) is 3.10. The van der Waals surface area contributed by atoms with E-state index in [1.54, 1.807) is 6.07 Å². The summed E-state index contributed by atoms with van der Waals surface area (Å²) in [5, 5.41) is 2.89. The number of ether oxygens (including phenoxy) is 2. The zero-order valence-electron chi connectivity index (χ0n) is 13.1. The maximum Gasteiger partial charge on any atom is 0.224 e. The van der Waals surface area contributed by atoms with Crippen molar-refractivity contribution in [2.24, 2.45) is 11.7 Å². The third-order valence-electron chi connectivity index (χ3n) is 3.10. The van der Waals surface area contributed by atoms with Gasteiger partial charge < -0.3 is 20.5 Å². The van der Waals surface area contributed by atoms with Crippen molar-refractivity contribution in [3.8, 4) is 11.5 Å². The smallest absolute Gasteiger partial charge is 0.224 e. The van der Waals surface area contributed by atoms with E-state index >= 15 is 0 Å². The summed E-state index contributed by atoms with van der Waals surface area (Å²) in [6.07, 6.45) is 1.22. The molecular weight excluding hydrogens is 268 g/mol. The van der Waals surface area contributed by atoms with E-state index in [1.807, 2.05) is 32.9 Å². The first kappa shape index (κ1) is 17.3. The molecule has 5 nitrogen and oxygen atoms in total. The molecule has 118 valence electrons. The molecule has 1 rings (SSSR count). The van der Waals surface area contributed by atoms with Crippen LogP contribution in [0, 0.1) is 5.92 Å². The Hall–Kier alpha value is -1.75. The van der Waals surface area contributed by atoms with Crippen LogP contribution in [0.2, 0.25) is 0 Å². The number of carbonyl (C=O) groups excluding carboxylic acids is 1. The zero-order chi connectivity index (χ0) is 15.7. The van der Waals surface area contributed by atoms with Gasteiger partial charge in [-0.2, -0.15) is 0 Å². The molecule has 0 aliphatic carbocycles. The van der Waals surface area contributed by atoms with E-state index in [2.05, 4.69) is 5.32 Å². The Bertz CT molecular complexity index is 449. The second-order valence-corrected chi connectivity index (χ2v) is 4.95. The van der Waals surface area contributed by atoms with Crippen LogP contribution >= 0.6 is 0 Å². The molecule has 0 aliphatic rings. The summed E-state index contributed by atoms with van der Waals surface area (Å²) in [5.41, 5.74) is 6.21. The molecule has 0 aromatic heterocycles. The van der Waals surface area contributed by atoms with Gasteiger partial charge in [-0.15, -0.1) is 0 Å². The minimum absolute atomic E-state index is 0.0371. The maximum absolute atomic E-state index is 12.0. The Balaban J connectivity index is 2.73. The normalized spacial score (nSPS) is 11.8. The number of amides is 1. The number of hydrogen-bond donors (Lipinski definition) is 2. The van der Waals surface area contributed by atoms with Gasteiger partial charge >= 0.3 is 0 Å². The van der Waals surface area contributed by atoms with Crippen LogP contribution in [-0.4, -0.2) is 25.7 Å². The second-order valence-electron chi connectivity index (χ2n) is 4.95. The molecule has 5 heteroatoms. The Labute approximate surface area is 126 Å². The first-order valence-electron chi connectivity index (χ1n) is 7.50. The van der Waals surface area contributed by atoms with Crippen molar-refractivity contribution in [3.05, 3.63) is 18.2 Å². The molecule has 0 saturated carbocycles. The molecule has 3 N–H and O–H groups in total. The van der Waals surface area contributed by atoms with Crippen LogP contribution in [0.3, 0.4) is 0 Å². The van der Waals surface area contributed by atoms with Crippen LogP contribution in [-0.2, 0) is 4.79 Å². The number of anilines is 1. The van der Waals surface area contributed by atoms with Crippen molar-refractivity contribution in [1.29, 1.82) is 0 Å². The minimum Gasteiger partial charge on any atom is -0.494 e. The number of carbonyl (C=O) groups is 1. The van der Waals surface area contributed by atoms with Gasteiger partial charge in [0.25, 0.3) is 0 Å². The number of nitrogens with two attached hydrogens (primary N) is 1. The van der Waals surface area contributed by atoms with Gasteiger partial charge in [0.15, 0.2) is 0 Å². The van der Waals surface area contributed by atoms with E-state index in [9.17, 15) is 4.79 Å². The van der Waals surface area contributed by atoms with Gasteiger partial charge in [-0.3, -0.25) is 4.79 Å². The molecule has 1 unspecified atom stereocenters. The van der Waals surface area contributed by atoms with E-state index in [0.29, 0.717) is 49.3 Å². The molecule has 0 heterocycles. The van der Waals surface area contributed by atoms with E-state index in [1.165, 1.54) is 0 Å². The van der Waals surface area contributed by atoms with Gasteiger partial charge in [0, 0.05) is 12.5 Å². The van der Waals surface area contributed by atoms with Crippen molar-refractivity contribution in [3.63, 3.8) is 0 Å². The predicted octanol–water partition coefficient (Wildman–Crippen LogP) is 2.80. The fraction of sp³-hybridized carbons (Fsp3) is 0.562. The lowest BCUT2D eigenvalue weighted by atomic mass is 10.1. The molecule has 1 amide bonds. The lowest BCUT2D eigenvalue weighted by Gasteiger charge is -2.14. The Morgan fingerprint density at radius 2 is 2.00 bits per heavy atom. The molecular formula is C16H26N2O3. The van der Waals surface area contributed by atoms with Crippen molar-refractivity contribution in [2.45, 2.75) is 33.6 Å². The number of nitrogens with one attached hydrogen (secondary N) is 1. The first-order chi connectivity index (χ1) is 10.1. The summed E-state index contributed by atoms with van der Waals surface area (Å²) >= 11 is 0. The molecule has 0 bridgehead atoms. The maximum atomic E-state index is 12.0. The van der Waals surface area contributed by atoms with Gasteiger partial charge in [0.05, 0.1) is 18.9 Å². The molecule has 0 spiro atoms. The van der Waals surface area contributed by atoms with Crippen LogP contribution in [0.1, 0.15) is 33.6 Å². The number of rotatable bonds is 9. The van der Waals surface area contributed by atoms with Crippen molar-refractivity contribution < 1.29 is 14.3 Å². The zero-order valence-corrected chi connectivity index (χ0v) is 13.1. The highest BCUT2D eigenvalue weighted by molar-refractivity contribution is 5.92. The largest absolute Gasteiger partial charge is 0.494 e. The highest BCUT2D eigenvalue weighted by Crippen LogP contribution is 2.29. The van der Waals surface area contributed by atoms with E-state index in [4.69, 9.17) is 15.2 Å². The van der Waals surface area contributed by atoms with E-state index in [-0.39, 0.29) is 5.91 Å². The molecule has 0 aliphatic heterocycles. The van der Waals surface area contributed by atoms with Crippen LogP contribution < -0.4 is 20.5 Å². The standard InChI is InChI=1S/C16H26N2O3/c1-4-20-13-7-8-15(21-5-2)14(10-13)18-16(19)9-6-12(3)11-17/h7-8,10,12H,4-6,9,11,17H2,1-3H3,(H,18,19). The van der Waals surface area contributed by atoms with Gasteiger partial charge in [-0.05, 0) is 44.9 Å². The van der Waals surface area contributed by atoms with Gasteiger partial charge in [0.1, 0.15) is 11.5 Å². The summed E-state index contributed by atoms with van der Waals surface area (Å²) in [7, 11) is 0. The van der Waals surface area contributed by atoms with E-state index < -0.39 is 0 Å². The monoisotopic (exact) mass is 294 g/mol. The van der Waals surface area contributed by atoms with Crippen LogP contribution in [0.25, 0.3) is 0 Å². The molecule has 0 fully saturated rings. The average molecular weight is 294 g/mol. The van der Waals surface area contributed by atoms with Crippen molar-refractivity contribution >= 4 is 11.6 Å². The Kier molecular flexibility index (Phi) is 7.61. The first-order valence-corrected chi connectivity index (χ1v) is 7.50. The summed E-state index contributed by atoms with van der Waals surface area (Å²) < 4.78 is 11.0. The molecule has 0 saturated heterocycles. The van der Waals surface area contributed by atoms with Crippen LogP contribution in [0.15, 0.2) is 18.2 Å². The Morgan fingerprint density at radius 3 is 2.62 bits per heavy atom. The van der Waals surface area contributed by atoms with Crippen molar-refractivity contribution in [2.75, 3.05) is 25.1 Å². The van der Waals surface area contributed by atoms with Gasteiger partial charge in [-0.1, -0.05) is 6.92 Å². The quantitative estimate of drug-likeness (QED) is 0.734. The number of hydrogen-bond acceptors (Lipinski definition) is 4. The average Bonchev–Trinajstić information content (AvgIpc) is 2.48. The highest BCUT2D eigenvalue weighted by atomic mass is 16.5. The lowest BCUT2D eigenvalue weighted by molar-refractivity contribution is -0.116. The minimum atomic E-state index is -0.0371. The van der Waals surface area contributed by atoms with Gasteiger partial charge in [0.2, 0.25) is 5.91 Å². The van der Waals surface area contributed by atoms with Crippen LogP contribution in [0.4, 0.5) is 5.69 Å². The van der Waals surface area contributed by atoms with Crippen LogP contribution in [0.5, 0.6) is 11.5 Å². The lowest BCUT2D eigenvalue weighted by Crippen LogP contribution is -2.17. The fourth-order valence-electron chi connectivity index (χ4n) is 1.85. The summed E-state index contributed by atoms with van der Waals surface area (Å²) in [4.78, 5) is 12.0. The summed E-state index contributed by atoms with van der Waals surface area (Å²) in [6.45, 7) is 7.58. The molecule has 1 aromatic carbocycles. The predicted molar refractivity (Wildman–Crippen MR) is 84.9 cm³/mol. The molecule has 1 atom stereocenters. The number of benzene rings is 1. The SMILES string of the molecule is CCOc1ccc(OCC)c(NC(=O)CCC(C)CN)c1. The summed E-state index contributed by atoms with van der Waals surface area (Å²) in [5.74, 6) is 1.68. The molecule has 1 aromatic rings. The molecule has 21 heavy (non-hydrogen) atoms. The second kappa shape index (κ2) is 9.23. The highest BCUT2D eigenvalue weighted by Gasteiger charge is 2.11. The summed E-state index contributed by atoms with van der Waals surface area (Å²) in [6, 6.07) is 5.44. The fourth-order valence-corrected chi connectivity index (χ4v) is 1.85. The third kappa shape index (κ3) is 6.04. The molecule has 0 radical (unpaired) electrons. The van der Waals surface area contributed by atoms with Gasteiger partial charge in [-0.25, -0.2) is 0 Å². The van der Waals surface area contributed by atoms with E-state index in [0.717, 1.165) is 6.42 Å².